The topological polar surface area (TPSA) is 65.2 Å². The van der Waals surface area contributed by atoms with Crippen LogP contribution in [0.15, 0.2) is 30.3 Å². The maximum absolute atomic E-state index is 12.4. The molecule has 1 saturated carbocycles. The van der Waals surface area contributed by atoms with Crippen molar-refractivity contribution in [2.75, 3.05) is 6.54 Å². The van der Waals surface area contributed by atoms with Gasteiger partial charge < -0.3 is 21.3 Å². The first kappa shape index (κ1) is 24.6. The molecule has 31 heavy (non-hydrogen) atoms. The van der Waals surface area contributed by atoms with Crippen molar-refractivity contribution in [1.82, 2.24) is 21.3 Å². The van der Waals surface area contributed by atoms with E-state index in [1.807, 2.05) is 31.2 Å². The number of carbonyl (C=O) groups excluding carboxylic acids is 1. The Morgan fingerprint density at radius 1 is 1.23 bits per heavy atom. The summed E-state index contributed by atoms with van der Waals surface area (Å²) >= 11 is 23.8. The third-order valence-corrected chi connectivity index (χ3v) is 6.73. The van der Waals surface area contributed by atoms with Gasteiger partial charge in [-0.25, -0.2) is 0 Å². The first-order chi connectivity index (χ1) is 14.7. The van der Waals surface area contributed by atoms with Gasteiger partial charge in [0.05, 0.1) is 0 Å². The van der Waals surface area contributed by atoms with E-state index in [0.717, 1.165) is 30.5 Å². The lowest BCUT2D eigenvalue weighted by atomic mass is 9.76. The highest BCUT2D eigenvalue weighted by molar-refractivity contribution is 7.80. The molecule has 2 aliphatic rings. The zero-order valence-corrected chi connectivity index (χ0v) is 20.6. The van der Waals surface area contributed by atoms with Crippen LogP contribution >= 0.6 is 47.0 Å². The van der Waals surface area contributed by atoms with Crippen molar-refractivity contribution in [3.8, 4) is 0 Å². The molecule has 9 heteroatoms. The molecule has 4 unspecified atom stereocenters. The van der Waals surface area contributed by atoms with E-state index >= 15 is 0 Å². The third-order valence-electron chi connectivity index (χ3n) is 5.84. The van der Waals surface area contributed by atoms with Gasteiger partial charge in [0.25, 0.3) is 0 Å². The Morgan fingerprint density at radius 2 is 2.00 bits per heavy atom. The molecule has 2 fully saturated rings. The Kier molecular flexibility index (Phi) is 8.88. The van der Waals surface area contributed by atoms with Gasteiger partial charge >= 0.3 is 0 Å². The first-order valence-corrected chi connectivity index (χ1v) is 12.2. The number of hydrogen-bond donors (Lipinski definition) is 4. The van der Waals surface area contributed by atoms with Crippen LogP contribution in [0.1, 0.15) is 43.2 Å². The Morgan fingerprint density at radius 3 is 2.74 bits per heavy atom. The monoisotopic (exact) mass is 502 g/mol. The van der Waals surface area contributed by atoms with Crippen LogP contribution in [0, 0.1) is 12.8 Å². The molecule has 1 amide bonds. The molecule has 0 spiro atoms. The Labute approximate surface area is 204 Å². The summed E-state index contributed by atoms with van der Waals surface area (Å²) in [5, 5.41) is 13.0. The average Bonchev–Trinajstić information content (AvgIpc) is 2.71. The fourth-order valence-corrected chi connectivity index (χ4v) is 4.99. The van der Waals surface area contributed by atoms with Gasteiger partial charge in [0.15, 0.2) is 5.11 Å². The standard InChI is InChI=1S/C22H29Cl3N4OS/c1-14-5-2-6-15(13-14)10-11-18(30)28-20(22(23,24)25)29-21(31)27-17-9-3-7-16-8-4-12-26-19(16)17/h2,5-6,10-11,13,16-17,19-20,26H,3-4,7-9,12H2,1H3,(H,28,30)(H2,27,29,31)/b11-10+. The normalized spacial score (nSPS) is 24.8. The first-order valence-electron chi connectivity index (χ1n) is 10.6. The smallest absolute Gasteiger partial charge is 0.245 e. The highest BCUT2D eigenvalue weighted by atomic mass is 35.6. The SMILES string of the molecule is Cc1cccc(/C=C/C(=O)NC(NC(=S)NC2CCCC3CCCNC32)C(Cl)(Cl)Cl)c1. The zero-order valence-electron chi connectivity index (χ0n) is 17.5. The summed E-state index contributed by atoms with van der Waals surface area (Å²) in [6.45, 7) is 3.02. The molecule has 0 bridgehead atoms. The van der Waals surface area contributed by atoms with Gasteiger partial charge in [-0.3, -0.25) is 4.79 Å². The molecular weight excluding hydrogens is 475 g/mol. The number of amides is 1. The fraction of sp³-hybridized carbons (Fsp3) is 0.545. The minimum absolute atomic E-state index is 0.215. The minimum atomic E-state index is -1.78. The predicted octanol–water partition coefficient (Wildman–Crippen LogP) is 4.21. The number of benzene rings is 1. The highest BCUT2D eigenvalue weighted by Gasteiger charge is 2.37. The summed E-state index contributed by atoms with van der Waals surface area (Å²) < 4.78 is -1.78. The predicted molar refractivity (Wildman–Crippen MR) is 133 cm³/mol. The quantitative estimate of drug-likeness (QED) is 0.210. The molecule has 1 heterocycles. The molecular formula is C22H29Cl3N4OS. The molecule has 4 N–H and O–H groups in total. The number of piperidine rings is 1. The molecule has 4 atom stereocenters. The number of rotatable bonds is 5. The molecule has 0 aromatic heterocycles. The number of hydrogen-bond acceptors (Lipinski definition) is 3. The number of halogens is 3. The van der Waals surface area contributed by atoms with Crippen molar-refractivity contribution >= 4 is 64.1 Å². The molecule has 5 nitrogen and oxygen atoms in total. The van der Waals surface area contributed by atoms with Crippen molar-refractivity contribution in [3.05, 3.63) is 41.5 Å². The molecule has 1 aromatic rings. The van der Waals surface area contributed by atoms with Gasteiger partial charge in [0, 0.05) is 18.2 Å². The largest absolute Gasteiger partial charge is 0.358 e. The van der Waals surface area contributed by atoms with E-state index in [0.29, 0.717) is 17.1 Å². The van der Waals surface area contributed by atoms with E-state index < -0.39 is 9.96 Å². The molecule has 0 radical (unpaired) electrons. The van der Waals surface area contributed by atoms with Gasteiger partial charge in [-0.1, -0.05) is 71.1 Å². The van der Waals surface area contributed by atoms with Crippen LogP contribution in [-0.4, -0.2) is 39.6 Å². The molecule has 1 saturated heterocycles. The number of aryl methyl sites for hydroxylation is 1. The maximum Gasteiger partial charge on any atom is 0.245 e. The van der Waals surface area contributed by atoms with Crippen molar-refractivity contribution < 1.29 is 4.79 Å². The van der Waals surface area contributed by atoms with Gasteiger partial charge in [-0.2, -0.15) is 0 Å². The summed E-state index contributed by atoms with van der Waals surface area (Å²) in [4.78, 5) is 12.4. The van der Waals surface area contributed by atoms with Gasteiger partial charge in [-0.05, 0) is 68.9 Å². The van der Waals surface area contributed by atoms with Crippen LogP contribution in [0.25, 0.3) is 6.08 Å². The van der Waals surface area contributed by atoms with Crippen LogP contribution in [-0.2, 0) is 4.79 Å². The van der Waals surface area contributed by atoms with E-state index in [1.54, 1.807) is 6.08 Å². The van der Waals surface area contributed by atoms with E-state index in [4.69, 9.17) is 47.0 Å². The van der Waals surface area contributed by atoms with Crippen LogP contribution in [0.4, 0.5) is 0 Å². The highest BCUT2D eigenvalue weighted by Crippen LogP contribution is 2.31. The van der Waals surface area contributed by atoms with E-state index in [2.05, 4.69) is 21.3 Å². The minimum Gasteiger partial charge on any atom is -0.358 e. The van der Waals surface area contributed by atoms with E-state index in [1.165, 1.54) is 25.3 Å². The third kappa shape index (κ3) is 7.50. The second-order valence-corrected chi connectivity index (χ2v) is 11.0. The van der Waals surface area contributed by atoms with Gasteiger partial charge in [-0.15, -0.1) is 0 Å². The molecule has 170 valence electrons. The summed E-state index contributed by atoms with van der Waals surface area (Å²) in [6, 6.07) is 8.42. The van der Waals surface area contributed by atoms with Crippen molar-refractivity contribution in [1.29, 1.82) is 0 Å². The number of nitrogens with one attached hydrogen (secondary N) is 4. The molecule has 3 rings (SSSR count). The second kappa shape index (κ2) is 11.2. The molecule has 1 aliphatic heterocycles. The van der Waals surface area contributed by atoms with Crippen molar-refractivity contribution in [2.45, 2.75) is 61.1 Å². The summed E-state index contributed by atoms with van der Waals surface area (Å²) in [5.41, 5.74) is 2.02. The summed E-state index contributed by atoms with van der Waals surface area (Å²) in [7, 11) is 0. The number of thiocarbonyl (C=S) groups is 1. The van der Waals surface area contributed by atoms with Crippen LogP contribution in [0.5, 0.6) is 0 Å². The average molecular weight is 504 g/mol. The Hall–Kier alpha value is -1.05. The number of fused-ring (bicyclic) bond motifs is 1. The van der Waals surface area contributed by atoms with E-state index in [-0.39, 0.29) is 11.9 Å². The number of carbonyl (C=O) groups is 1. The zero-order chi connectivity index (χ0) is 22.4. The Bertz CT molecular complexity index is 812. The van der Waals surface area contributed by atoms with Gasteiger partial charge in [0.2, 0.25) is 9.70 Å². The Balaban J connectivity index is 1.57. The van der Waals surface area contributed by atoms with E-state index in [9.17, 15) is 4.79 Å². The van der Waals surface area contributed by atoms with Crippen LogP contribution < -0.4 is 21.3 Å². The van der Waals surface area contributed by atoms with Crippen LogP contribution in [0.2, 0.25) is 0 Å². The van der Waals surface area contributed by atoms with Crippen molar-refractivity contribution in [2.24, 2.45) is 5.92 Å². The lowest BCUT2D eigenvalue weighted by molar-refractivity contribution is -0.117. The van der Waals surface area contributed by atoms with Crippen molar-refractivity contribution in [3.63, 3.8) is 0 Å². The van der Waals surface area contributed by atoms with Crippen LogP contribution in [0.3, 0.4) is 0 Å². The lowest BCUT2D eigenvalue weighted by Gasteiger charge is -2.43. The lowest BCUT2D eigenvalue weighted by Crippen LogP contribution is -2.62. The maximum atomic E-state index is 12.4. The molecule has 1 aromatic carbocycles. The summed E-state index contributed by atoms with van der Waals surface area (Å²) in [5.74, 6) is 0.276. The number of alkyl halides is 3. The van der Waals surface area contributed by atoms with Gasteiger partial charge in [0.1, 0.15) is 6.17 Å². The molecule has 1 aliphatic carbocycles. The fourth-order valence-electron chi connectivity index (χ4n) is 4.39. The second-order valence-electron chi connectivity index (χ2n) is 8.27. The summed E-state index contributed by atoms with van der Waals surface area (Å²) in [6.07, 6.45) is 8.04.